The van der Waals surface area contributed by atoms with E-state index in [1.54, 1.807) is 0 Å². The van der Waals surface area contributed by atoms with Gasteiger partial charge < -0.3 is 29.4 Å². The van der Waals surface area contributed by atoms with Crippen molar-refractivity contribution in [2.45, 2.75) is 143 Å². The molecule has 14 rings (SSSR count). The van der Waals surface area contributed by atoms with Crippen LogP contribution in [0.15, 0.2) is 158 Å². The van der Waals surface area contributed by atoms with Crippen molar-refractivity contribution in [1.82, 2.24) is 39.9 Å². The highest BCUT2D eigenvalue weighted by molar-refractivity contribution is 5.96. The molecule has 0 aliphatic carbocycles. The van der Waals surface area contributed by atoms with Gasteiger partial charge in [0.25, 0.3) is 0 Å². The van der Waals surface area contributed by atoms with Gasteiger partial charge >= 0.3 is 0 Å². The van der Waals surface area contributed by atoms with E-state index in [-0.39, 0.29) is 21.7 Å². The van der Waals surface area contributed by atoms with Crippen LogP contribution in [0.4, 0.5) is 0 Å². The zero-order valence-electron chi connectivity index (χ0n) is 58.9. The Kier molecular flexibility index (Phi) is 17.4. The molecule has 0 fully saturated rings. The van der Waals surface area contributed by atoms with Gasteiger partial charge in [0.2, 0.25) is 0 Å². The van der Waals surface area contributed by atoms with Crippen LogP contribution in [0.2, 0.25) is 0 Å². The van der Waals surface area contributed by atoms with Crippen molar-refractivity contribution in [1.29, 1.82) is 0 Å². The number of aromatic nitrogens is 8. The van der Waals surface area contributed by atoms with Crippen molar-refractivity contribution in [3.05, 3.63) is 226 Å². The van der Waals surface area contributed by atoms with Crippen LogP contribution in [0.1, 0.15) is 189 Å². The van der Waals surface area contributed by atoms with Gasteiger partial charge in [-0.25, -0.2) is 19.9 Å². The lowest BCUT2D eigenvalue weighted by molar-refractivity contribution is 0.297. The van der Waals surface area contributed by atoms with Gasteiger partial charge in [0.15, 0.2) is 0 Å². The van der Waals surface area contributed by atoms with E-state index < -0.39 is 0 Å². The number of hydrogen-bond acceptors (Lipinski definition) is 6. The van der Waals surface area contributed by atoms with Crippen LogP contribution in [0.3, 0.4) is 0 Å². The maximum absolute atomic E-state index is 6.48. The number of rotatable bonds is 15. The summed E-state index contributed by atoms with van der Waals surface area (Å²) in [5.74, 6) is 1.68. The maximum atomic E-state index is 6.48. The molecule has 0 atom stereocenters. The molecule has 16 bridgehead atoms. The molecule has 4 aliphatic rings. The average molecular weight is 1290 g/mol. The quantitative estimate of drug-likeness (QED) is 0.0756. The molecule has 0 saturated carbocycles. The average Bonchev–Trinajstić information content (AvgIpc) is 1.39. The van der Waals surface area contributed by atoms with E-state index in [4.69, 9.17) is 29.4 Å². The van der Waals surface area contributed by atoms with Crippen molar-refractivity contribution < 1.29 is 9.47 Å². The molecule has 10 aromatic rings. The molecular weight excluding hydrogens is 1200 g/mol. The third kappa shape index (κ3) is 14.4. The minimum absolute atomic E-state index is 0.0349. The lowest BCUT2D eigenvalue weighted by Crippen LogP contribution is -2.16. The molecule has 0 saturated heterocycles. The SMILES string of the molecule is CC(C)(C)c1cc(-c2c3nc(cc4ccc([nH]4)c(-c4cccc(OCCCCCCCCOc5cccc(-c6c7nc(cc8ccc([nH]8)c(-c8cc(C(C)(C)C)cc(C(C)(C)C)c8)c8nc(cc9ccc6[nH]9)C=C8)C=C7)c5)c4)c4nc(cc5ccc2[nH]5)C=C4)C=C3)cc(C(C)(C)C)c1. The van der Waals surface area contributed by atoms with Crippen LogP contribution in [0.5, 0.6) is 11.5 Å². The summed E-state index contributed by atoms with van der Waals surface area (Å²) in [6, 6.07) is 56.7. The van der Waals surface area contributed by atoms with Gasteiger partial charge in [-0.05, 0) is 225 Å². The van der Waals surface area contributed by atoms with Crippen LogP contribution >= 0.6 is 0 Å². The summed E-state index contributed by atoms with van der Waals surface area (Å²) in [6.45, 7) is 28.7. The second kappa shape index (κ2) is 26.3. The molecule has 0 radical (unpaired) electrons. The smallest absolute Gasteiger partial charge is 0.119 e. The van der Waals surface area contributed by atoms with Crippen molar-refractivity contribution in [2.75, 3.05) is 13.2 Å². The monoisotopic (exact) mass is 1290 g/mol. The fourth-order valence-electron chi connectivity index (χ4n) is 13.4. The summed E-state index contributed by atoms with van der Waals surface area (Å²) in [4.78, 5) is 36.1. The van der Waals surface area contributed by atoms with Crippen LogP contribution in [-0.2, 0) is 21.7 Å². The Bertz CT molecular complexity index is 4830. The number of ether oxygens (including phenoxy) is 2. The molecule has 10 nitrogen and oxygen atoms in total. The van der Waals surface area contributed by atoms with Crippen molar-refractivity contribution in [3.63, 3.8) is 0 Å². The molecule has 10 heteroatoms. The fourth-order valence-corrected chi connectivity index (χ4v) is 13.4. The summed E-state index contributed by atoms with van der Waals surface area (Å²) in [5.41, 5.74) is 28.5. The number of H-pyrrole nitrogens is 4. The van der Waals surface area contributed by atoms with Gasteiger partial charge in [0, 0.05) is 66.4 Å². The zero-order valence-corrected chi connectivity index (χ0v) is 58.9. The van der Waals surface area contributed by atoms with Crippen LogP contribution < -0.4 is 9.47 Å². The largest absolute Gasteiger partial charge is 0.494 e. The molecular formula is C88H90N8O2. The number of nitrogens with one attached hydrogen (secondary N) is 4. The van der Waals surface area contributed by atoms with Crippen LogP contribution in [-0.4, -0.2) is 53.1 Å². The molecule has 0 amide bonds. The van der Waals surface area contributed by atoms with E-state index in [0.717, 1.165) is 184 Å². The molecule has 4 aliphatic heterocycles. The minimum Gasteiger partial charge on any atom is -0.494 e. The summed E-state index contributed by atoms with van der Waals surface area (Å²) in [6.07, 6.45) is 23.4. The second-order valence-electron chi connectivity index (χ2n) is 30.9. The Balaban J connectivity index is 0.629. The number of fused-ring (bicyclic) bond motifs is 16. The third-order valence-electron chi connectivity index (χ3n) is 19.0. The van der Waals surface area contributed by atoms with E-state index >= 15 is 0 Å². The van der Waals surface area contributed by atoms with Gasteiger partial charge in [-0.15, -0.1) is 0 Å². The van der Waals surface area contributed by atoms with E-state index in [9.17, 15) is 0 Å². The molecule has 6 aromatic heterocycles. The molecule has 98 heavy (non-hydrogen) atoms. The number of unbranched alkanes of at least 4 members (excludes halogenated alkanes) is 5. The van der Waals surface area contributed by atoms with E-state index in [2.05, 4.69) is 309 Å². The number of nitrogens with zero attached hydrogens (tertiary/aromatic N) is 4. The molecule has 494 valence electrons. The summed E-state index contributed by atoms with van der Waals surface area (Å²) in [5, 5.41) is 0. The molecule has 4 N–H and O–H groups in total. The zero-order chi connectivity index (χ0) is 68.1. The van der Waals surface area contributed by atoms with Gasteiger partial charge in [-0.2, -0.15) is 0 Å². The van der Waals surface area contributed by atoms with Gasteiger partial charge in [-0.3, -0.25) is 0 Å². The molecule has 0 spiro atoms. The highest BCUT2D eigenvalue weighted by Crippen LogP contribution is 2.41. The summed E-state index contributed by atoms with van der Waals surface area (Å²) in [7, 11) is 0. The van der Waals surface area contributed by atoms with E-state index in [1.807, 2.05) is 0 Å². The maximum Gasteiger partial charge on any atom is 0.119 e. The first-order chi connectivity index (χ1) is 47.0. The number of aromatic amines is 4. The second-order valence-corrected chi connectivity index (χ2v) is 30.9. The first kappa shape index (κ1) is 65.0. The summed E-state index contributed by atoms with van der Waals surface area (Å²) >= 11 is 0. The Morgan fingerprint density at radius 1 is 0.276 bits per heavy atom. The van der Waals surface area contributed by atoms with Gasteiger partial charge in [-0.1, -0.05) is 169 Å². The lowest BCUT2D eigenvalue weighted by Gasteiger charge is -2.26. The highest BCUT2D eigenvalue weighted by atomic mass is 16.5. The Morgan fingerprint density at radius 3 is 0.837 bits per heavy atom. The molecule has 10 heterocycles. The van der Waals surface area contributed by atoms with Crippen molar-refractivity contribution in [3.8, 4) is 56.0 Å². The predicted molar refractivity (Wildman–Crippen MR) is 413 cm³/mol. The first-order valence-corrected chi connectivity index (χ1v) is 35.0. The van der Waals surface area contributed by atoms with Gasteiger partial charge in [0.1, 0.15) is 11.5 Å². The van der Waals surface area contributed by atoms with E-state index in [1.165, 1.54) is 22.3 Å². The Morgan fingerprint density at radius 2 is 0.551 bits per heavy atom. The Hall–Kier alpha value is -10.3. The standard InChI is InChI=1S/C88H90N8O2/c1-85(2,3)59-43-57(44-60(49-59)86(4,5)6)83-77-37-29-67(93-77)51-63-25-33-73(89-63)81(74-34-26-64(90-74)52-68-30-38-78(83)94-68)55-21-19-23-71(47-55)97-41-17-15-13-14-16-18-42-98-72-24-20-22-56(48-72)82-75-35-27-65(91-75)53-69-31-39-79(95-69)84(80-40-32-70(96-80)54-66-28-36-76(82)92-66)58-45-61(87(7,8)9)50-62(46-58)88(10,11)12/h19-40,43-54,89,91,94,96H,13-18,41-42H2,1-12H3. The molecule has 0 unspecified atom stereocenters. The Labute approximate surface area is 576 Å². The van der Waals surface area contributed by atoms with Crippen molar-refractivity contribution in [2.24, 2.45) is 0 Å². The minimum atomic E-state index is -0.0349. The lowest BCUT2D eigenvalue weighted by atomic mass is 9.78. The summed E-state index contributed by atoms with van der Waals surface area (Å²) < 4.78 is 13.0. The molecule has 4 aromatic carbocycles. The normalized spacial score (nSPS) is 13.1. The van der Waals surface area contributed by atoms with Crippen molar-refractivity contribution >= 4 is 92.7 Å². The first-order valence-electron chi connectivity index (χ1n) is 35.0. The van der Waals surface area contributed by atoms with Crippen LogP contribution in [0, 0.1) is 0 Å². The van der Waals surface area contributed by atoms with E-state index in [0.29, 0.717) is 13.2 Å². The number of benzene rings is 4. The highest BCUT2D eigenvalue weighted by Gasteiger charge is 2.26. The topological polar surface area (TPSA) is 133 Å². The van der Waals surface area contributed by atoms with Gasteiger partial charge in [0.05, 0.1) is 58.8 Å². The number of hydrogen-bond donors (Lipinski definition) is 4. The fraction of sp³-hybridized carbons (Fsp3) is 0.273. The van der Waals surface area contributed by atoms with Crippen LogP contribution in [0.25, 0.3) is 137 Å². The predicted octanol–water partition coefficient (Wildman–Crippen LogP) is 23.3. The third-order valence-corrected chi connectivity index (χ3v) is 19.0.